The molecular weight excluding hydrogens is 314 g/mol. The summed E-state index contributed by atoms with van der Waals surface area (Å²) in [5.41, 5.74) is 0.466. The van der Waals surface area contributed by atoms with Crippen LogP contribution >= 0.6 is 0 Å². The number of anilines is 1. The highest BCUT2D eigenvalue weighted by atomic mass is 16.5. The molecule has 1 aromatic rings. The van der Waals surface area contributed by atoms with Crippen LogP contribution in [-0.2, 0) is 4.79 Å². The van der Waals surface area contributed by atoms with Gasteiger partial charge in [-0.05, 0) is 45.4 Å². The summed E-state index contributed by atoms with van der Waals surface area (Å²) in [6, 6.07) is 5.35. The van der Waals surface area contributed by atoms with Crippen molar-refractivity contribution >= 4 is 17.4 Å². The summed E-state index contributed by atoms with van der Waals surface area (Å²) in [4.78, 5) is 26.3. The summed E-state index contributed by atoms with van der Waals surface area (Å²) in [5, 5.41) is 0. The Kier molecular flexibility index (Phi) is 6.63. The van der Waals surface area contributed by atoms with Gasteiger partial charge in [-0.1, -0.05) is 45.4 Å². The van der Waals surface area contributed by atoms with Gasteiger partial charge in [-0.15, -0.1) is 0 Å². The van der Waals surface area contributed by atoms with Gasteiger partial charge in [-0.2, -0.15) is 0 Å². The maximum Gasteiger partial charge on any atom is 0.270 e. The molecule has 0 aromatic heterocycles. The van der Waals surface area contributed by atoms with E-state index in [0.29, 0.717) is 17.9 Å². The summed E-state index contributed by atoms with van der Waals surface area (Å²) in [6.45, 7) is 8.04. The number of hydrogen-bond donors (Lipinski definition) is 0. The van der Waals surface area contributed by atoms with Crippen LogP contribution in [0.3, 0.4) is 0 Å². The van der Waals surface area contributed by atoms with Crippen molar-refractivity contribution in [2.24, 2.45) is 0 Å². The molecule has 1 heterocycles. The molecule has 2 rings (SSSR count). The standard InChI is InChI=1S/C21H31NO3/c1-5-6-7-8-9-10-11-14-22-18-15-17(16(2)23)12-13-19(18)25-21(3,4)20(22)24/h12-13,15H,5-11,14H2,1-4H3. The number of ether oxygens (including phenoxy) is 1. The molecule has 4 heteroatoms. The fourth-order valence-electron chi connectivity index (χ4n) is 3.24. The van der Waals surface area contributed by atoms with Gasteiger partial charge in [0, 0.05) is 12.1 Å². The van der Waals surface area contributed by atoms with E-state index in [2.05, 4.69) is 6.92 Å². The van der Waals surface area contributed by atoms with Crippen LogP contribution in [0.1, 0.15) is 83.0 Å². The van der Waals surface area contributed by atoms with Crippen molar-refractivity contribution in [3.05, 3.63) is 23.8 Å². The number of rotatable bonds is 9. The molecule has 0 spiro atoms. The van der Waals surface area contributed by atoms with Crippen molar-refractivity contribution in [3.8, 4) is 5.75 Å². The quantitative estimate of drug-likeness (QED) is 0.459. The molecule has 0 saturated heterocycles. The Balaban J connectivity index is 2.06. The summed E-state index contributed by atoms with van der Waals surface area (Å²) in [6.07, 6.45) is 8.42. The van der Waals surface area contributed by atoms with Gasteiger partial charge in [-0.25, -0.2) is 0 Å². The molecule has 0 fully saturated rings. The summed E-state index contributed by atoms with van der Waals surface area (Å²) in [7, 11) is 0. The Morgan fingerprint density at radius 2 is 1.72 bits per heavy atom. The lowest BCUT2D eigenvalue weighted by atomic mass is 10.0. The fourth-order valence-corrected chi connectivity index (χ4v) is 3.24. The van der Waals surface area contributed by atoms with Crippen LogP contribution in [0.2, 0.25) is 0 Å². The number of benzene rings is 1. The lowest BCUT2D eigenvalue weighted by Crippen LogP contribution is -2.52. The third-order valence-corrected chi connectivity index (χ3v) is 4.77. The van der Waals surface area contributed by atoms with Gasteiger partial charge in [0.05, 0.1) is 5.69 Å². The average Bonchev–Trinajstić information content (AvgIpc) is 2.56. The molecular formula is C21H31NO3. The minimum Gasteiger partial charge on any atom is -0.476 e. The third-order valence-electron chi connectivity index (χ3n) is 4.77. The van der Waals surface area contributed by atoms with Crippen LogP contribution in [0.15, 0.2) is 18.2 Å². The van der Waals surface area contributed by atoms with E-state index < -0.39 is 5.60 Å². The number of fused-ring (bicyclic) bond motifs is 1. The Labute approximate surface area is 151 Å². The van der Waals surface area contributed by atoms with Crippen molar-refractivity contribution in [1.82, 2.24) is 0 Å². The Hall–Kier alpha value is -1.84. The van der Waals surface area contributed by atoms with E-state index >= 15 is 0 Å². The van der Waals surface area contributed by atoms with E-state index in [1.165, 1.54) is 39.0 Å². The molecule has 0 radical (unpaired) electrons. The van der Waals surface area contributed by atoms with Crippen LogP contribution in [0.5, 0.6) is 5.75 Å². The molecule has 4 nitrogen and oxygen atoms in total. The van der Waals surface area contributed by atoms with E-state index in [4.69, 9.17) is 4.74 Å². The number of carbonyl (C=O) groups excluding carboxylic acids is 2. The van der Waals surface area contributed by atoms with E-state index in [-0.39, 0.29) is 11.7 Å². The average molecular weight is 345 g/mol. The Morgan fingerprint density at radius 1 is 1.08 bits per heavy atom. The normalized spacial score (nSPS) is 15.7. The van der Waals surface area contributed by atoms with Crippen molar-refractivity contribution in [2.75, 3.05) is 11.4 Å². The topological polar surface area (TPSA) is 46.6 Å². The van der Waals surface area contributed by atoms with Crippen molar-refractivity contribution in [3.63, 3.8) is 0 Å². The molecule has 0 N–H and O–H groups in total. The molecule has 0 atom stereocenters. The fraction of sp³-hybridized carbons (Fsp3) is 0.619. The zero-order chi connectivity index (χ0) is 18.4. The molecule has 0 saturated carbocycles. The minimum atomic E-state index is -0.869. The van der Waals surface area contributed by atoms with Crippen molar-refractivity contribution < 1.29 is 14.3 Å². The second kappa shape index (κ2) is 8.50. The minimum absolute atomic E-state index is 0.00374. The van der Waals surface area contributed by atoms with Gasteiger partial charge in [0.15, 0.2) is 11.4 Å². The molecule has 1 aromatic carbocycles. The highest BCUT2D eigenvalue weighted by molar-refractivity contribution is 6.04. The predicted molar refractivity (Wildman–Crippen MR) is 101 cm³/mol. The van der Waals surface area contributed by atoms with Gasteiger partial charge in [0.25, 0.3) is 5.91 Å². The smallest absolute Gasteiger partial charge is 0.270 e. The van der Waals surface area contributed by atoms with Crippen molar-refractivity contribution in [2.45, 2.75) is 78.2 Å². The molecule has 1 aliphatic heterocycles. The first-order valence-corrected chi connectivity index (χ1v) is 9.53. The molecule has 0 unspecified atom stereocenters. The Bertz CT molecular complexity index is 622. The van der Waals surface area contributed by atoms with Gasteiger partial charge < -0.3 is 9.64 Å². The summed E-state index contributed by atoms with van der Waals surface area (Å²) in [5.74, 6) is 0.639. The van der Waals surface area contributed by atoms with Crippen LogP contribution < -0.4 is 9.64 Å². The van der Waals surface area contributed by atoms with Crippen LogP contribution in [0, 0.1) is 0 Å². The monoisotopic (exact) mass is 345 g/mol. The first-order chi connectivity index (χ1) is 11.9. The number of ketones is 1. The lowest BCUT2D eigenvalue weighted by Gasteiger charge is -2.39. The summed E-state index contributed by atoms with van der Waals surface area (Å²) < 4.78 is 5.87. The zero-order valence-electron chi connectivity index (χ0n) is 16.1. The molecule has 1 amide bonds. The SMILES string of the molecule is CCCCCCCCCN1C(=O)C(C)(C)Oc2ccc(C(C)=O)cc21. The van der Waals surface area contributed by atoms with Gasteiger partial charge in [-0.3, -0.25) is 9.59 Å². The number of unbranched alkanes of at least 4 members (excludes halogenated alkanes) is 6. The molecule has 0 bridgehead atoms. The first kappa shape index (κ1) is 19.5. The second-order valence-electron chi connectivity index (χ2n) is 7.43. The van der Waals surface area contributed by atoms with E-state index in [0.717, 1.165) is 18.5 Å². The molecule has 1 aliphatic rings. The molecule has 0 aliphatic carbocycles. The highest BCUT2D eigenvalue weighted by Crippen LogP contribution is 2.38. The third kappa shape index (κ3) is 4.83. The van der Waals surface area contributed by atoms with E-state index in [9.17, 15) is 9.59 Å². The van der Waals surface area contributed by atoms with E-state index in [1.807, 2.05) is 0 Å². The van der Waals surface area contributed by atoms with Crippen LogP contribution in [0.25, 0.3) is 0 Å². The maximum atomic E-state index is 12.8. The lowest BCUT2D eigenvalue weighted by molar-refractivity contribution is -0.132. The van der Waals surface area contributed by atoms with Crippen LogP contribution in [0.4, 0.5) is 5.69 Å². The number of hydrogen-bond acceptors (Lipinski definition) is 3. The summed E-state index contributed by atoms with van der Waals surface area (Å²) >= 11 is 0. The molecule has 138 valence electrons. The van der Waals surface area contributed by atoms with Crippen LogP contribution in [-0.4, -0.2) is 23.8 Å². The first-order valence-electron chi connectivity index (χ1n) is 9.53. The van der Waals surface area contributed by atoms with Crippen molar-refractivity contribution in [1.29, 1.82) is 0 Å². The van der Waals surface area contributed by atoms with Gasteiger partial charge in [0.2, 0.25) is 0 Å². The maximum absolute atomic E-state index is 12.8. The van der Waals surface area contributed by atoms with E-state index in [1.54, 1.807) is 36.9 Å². The molecule has 25 heavy (non-hydrogen) atoms. The van der Waals surface area contributed by atoms with Gasteiger partial charge in [0.1, 0.15) is 5.75 Å². The number of nitrogens with zero attached hydrogens (tertiary/aromatic N) is 1. The van der Waals surface area contributed by atoms with Gasteiger partial charge >= 0.3 is 0 Å². The second-order valence-corrected chi connectivity index (χ2v) is 7.43. The number of carbonyl (C=O) groups is 2. The predicted octanol–water partition coefficient (Wildman–Crippen LogP) is 5.14. The zero-order valence-corrected chi connectivity index (χ0v) is 16.1. The number of amides is 1. The Morgan fingerprint density at radius 3 is 2.36 bits per heavy atom. The highest BCUT2D eigenvalue weighted by Gasteiger charge is 2.40. The largest absolute Gasteiger partial charge is 0.476 e. The number of Topliss-reactive ketones (excluding diaryl/α,β-unsaturated/α-hetero) is 1.